The first-order valence-corrected chi connectivity index (χ1v) is 7.80. The van der Waals surface area contributed by atoms with Crippen molar-refractivity contribution in [2.75, 3.05) is 26.2 Å². The summed E-state index contributed by atoms with van der Waals surface area (Å²) in [6, 6.07) is 2.03. The lowest BCUT2D eigenvalue weighted by atomic mass is 9.91. The highest BCUT2D eigenvalue weighted by atomic mass is 16.2. The third-order valence-electron chi connectivity index (χ3n) is 4.66. The topological polar surface area (TPSA) is 61.0 Å². The smallest absolute Gasteiger partial charge is 0.222 e. The van der Waals surface area contributed by atoms with Gasteiger partial charge in [0.2, 0.25) is 5.91 Å². The normalized spacial score (nSPS) is 24.8. The molecule has 110 valence electrons. The van der Waals surface area contributed by atoms with E-state index in [2.05, 4.69) is 20.4 Å². The zero-order valence-electron chi connectivity index (χ0n) is 12.0. The molecule has 0 aromatic carbocycles. The largest absolute Gasteiger partial charge is 0.342 e. The number of hydrogen-bond donors (Lipinski definition) is 2. The lowest BCUT2D eigenvalue weighted by Gasteiger charge is -2.33. The number of rotatable bonds is 3. The van der Waals surface area contributed by atoms with Crippen LogP contribution in [-0.4, -0.2) is 47.2 Å². The molecule has 2 N–H and O–H groups in total. The lowest BCUT2D eigenvalue weighted by molar-refractivity contribution is -0.133. The van der Waals surface area contributed by atoms with E-state index in [1.807, 2.05) is 6.07 Å². The Morgan fingerprint density at radius 3 is 2.95 bits per heavy atom. The standard InChI is InChI=1S/C15H24N4O/c20-15(10-12-3-6-16-7-4-12)19-9-1-2-13(11-19)14-5-8-17-18-14/h5,8,12-13,16H,1-4,6-7,9-11H2,(H,17,18). The molecule has 0 aliphatic carbocycles. The number of piperidine rings is 2. The molecular formula is C15H24N4O. The molecular weight excluding hydrogens is 252 g/mol. The number of nitrogens with one attached hydrogen (secondary N) is 2. The lowest BCUT2D eigenvalue weighted by Crippen LogP contribution is -2.40. The van der Waals surface area contributed by atoms with Crippen LogP contribution in [-0.2, 0) is 4.79 Å². The first-order valence-electron chi connectivity index (χ1n) is 7.80. The summed E-state index contributed by atoms with van der Waals surface area (Å²) in [6.45, 7) is 3.91. The molecule has 1 atom stereocenters. The van der Waals surface area contributed by atoms with E-state index in [1.165, 1.54) is 5.69 Å². The maximum Gasteiger partial charge on any atom is 0.222 e. The van der Waals surface area contributed by atoms with Gasteiger partial charge in [-0.05, 0) is 50.8 Å². The monoisotopic (exact) mass is 276 g/mol. The highest BCUT2D eigenvalue weighted by Gasteiger charge is 2.27. The number of nitrogens with zero attached hydrogens (tertiary/aromatic N) is 2. The van der Waals surface area contributed by atoms with Crippen LogP contribution in [0, 0.1) is 5.92 Å². The van der Waals surface area contributed by atoms with Gasteiger partial charge in [0.25, 0.3) is 0 Å². The Labute approximate surface area is 120 Å². The third kappa shape index (κ3) is 3.20. The van der Waals surface area contributed by atoms with Gasteiger partial charge in [-0.25, -0.2) is 0 Å². The molecule has 20 heavy (non-hydrogen) atoms. The zero-order chi connectivity index (χ0) is 13.8. The van der Waals surface area contributed by atoms with Gasteiger partial charge in [0, 0.05) is 37.3 Å². The average molecular weight is 276 g/mol. The summed E-state index contributed by atoms with van der Waals surface area (Å²) in [5.74, 6) is 1.36. The zero-order valence-corrected chi connectivity index (χ0v) is 12.0. The van der Waals surface area contributed by atoms with E-state index in [0.717, 1.165) is 58.3 Å². The van der Waals surface area contributed by atoms with E-state index in [-0.39, 0.29) is 0 Å². The fourth-order valence-corrected chi connectivity index (χ4v) is 3.41. The first-order chi connectivity index (χ1) is 9.83. The molecule has 5 nitrogen and oxygen atoms in total. The quantitative estimate of drug-likeness (QED) is 0.879. The van der Waals surface area contributed by atoms with Crippen molar-refractivity contribution in [3.63, 3.8) is 0 Å². The molecule has 1 aromatic rings. The van der Waals surface area contributed by atoms with Gasteiger partial charge >= 0.3 is 0 Å². The molecule has 1 unspecified atom stereocenters. The number of hydrogen-bond acceptors (Lipinski definition) is 3. The summed E-state index contributed by atoms with van der Waals surface area (Å²) < 4.78 is 0. The molecule has 0 saturated carbocycles. The van der Waals surface area contributed by atoms with E-state index in [1.54, 1.807) is 6.20 Å². The summed E-state index contributed by atoms with van der Waals surface area (Å²) in [7, 11) is 0. The van der Waals surface area contributed by atoms with Gasteiger partial charge in [-0.1, -0.05) is 0 Å². The third-order valence-corrected chi connectivity index (χ3v) is 4.66. The maximum absolute atomic E-state index is 12.5. The van der Waals surface area contributed by atoms with Crippen LogP contribution in [0.25, 0.3) is 0 Å². The number of carbonyl (C=O) groups excluding carboxylic acids is 1. The number of amides is 1. The van der Waals surface area contributed by atoms with Gasteiger partial charge in [0.1, 0.15) is 0 Å². The van der Waals surface area contributed by atoms with Crippen molar-refractivity contribution < 1.29 is 4.79 Å². The Balaban J connectivity index is 1.54. The summed E-state index contributed by atoms with van der Waals surface area (Å²) >= 11 is 0. The Bertz CT molecular complexity index is 425. The van der Waals surface area contributed by atoms with E-state index in [4.69, 9.17) is 0 Å². The molecule has 2 aliphatic rings. The molecule has 1 amide bonds. The fraction of sp³-hybridized carbons (Fsp3) is 0.733. The molecule has 1 aromatic heterocycles. The van der Waals surface area contributed by atoms with Gasteiger partial charge < -0.3 is 10.2 Å². The van der Waals surface area contributed by atoms with Gasteiger partial charge in [-0.2, -0.15) is 5.10 Å². The second kappa shape index (κ2) is 6.39. The van der Waals surface area contributed by atoms with Crippen LogP contribution in [0.5, 0.6) is 0 Å². The minimum atomic E-state index is 0.348. The molecule has 5 heteroatoms. The second-order valence-electron chi connectivity index (χ2n) is 6.09. The van der Waals surface area contributed by atoms with Crippen LogP contribution in [0.2, 0.25) is 0 Å². The predicted molar refractivity (Wildman–Crippen MR) is 77.4 cm³/mol. The summed E-state index contributed by atoms with van der Waals surface area (Å²) in [5.41, 5.74) is 1.17. The van der Waals surface area contributed by atoms with Gasteiger partial charge in [0.05, 0.1) is 0 Å². The molecule has 0 spiro atoms. The number of carbonyl (C=O) groups is 1. The minimum Gasteiger partial charge on any atom is -0.342 e. The minimum absolute atomic E-state index is 0.348. The van der Waals surface area contributed by atoms with Crippen molar-refractivity contribution in [3.8, 4) is 0 Å². The van der Waals surface area contributed by atoms with E-state index in [0.29, 0.717) is 17.7 Å². The van der Waals surface area contributed by atoms with Crippen LogP contribution in [0.1, 0.15) is 43.7 Å². The van der Waals surface area contributed by atoms with Crippen molar-refractivity contribution in [2.24, 2.45) is 5.92 Å². The van der Waals surface area contributed by atoms with Crippen molar-refractivity contribution >= 4 is 5.91 Å². The van der Waals surface area contributed by atoms with Crippen LogP contribution >= 0.6 is 0 Å². The average Bonchev–Trinajstić information content (AvgIpc) is 3.03. The molecule has 2 aliphatic heterocycles. The summed E-state index contributed by atoms with van der Waals surface area (Å²) in [4.78, 5) is 14.5. The van der Waals surface area contributed by atoms with E-state index < -0.39 is 0 Å². The highest BCUT2D eigenvalue weighted by molar-refractivity contribution is 5.76. The first kappa shape index (κ1) is 13.6. The Morgan fingerprint density at radius 1 is 1.35 bits per heavy atom. The van der Waals surface area contributed by atoms with Crippen molar-refractivity contribution in [2.45, 2.75) is 38.0 Å². The number of likely N-dealkylation sites (tertiary alicyclic amines) is 1. The number of aromatic amines is 1. The Kier molecular flexibility index (Phi) is 4.35. The second-order valence-corrected chi connectivity index (χ2v) is 6.09. The van der Waals surface area contributed by atoms with Gasteiger partial charge in [-0.15, -0.1) is 0 Å². The van der Waals surface area contributed by atoms with Crippen LogP contribution in [0.3, 0.4) is 0 Å². The highest BCUT2D eigenvalue weighted by Crippen LogP contribution is 2.26. The molecule has 3 heterocycles. The van der Waals surface area contributed by atoms with E-state index >= 15 is 0 Å². The summed E-state index contributed by atoms with van der Waals surface area (Å²) in [6.07, 6.45) is 7.07. The SMILES string of the molecule is O=C(CC1CCNCC1)N1CCCC(c2ccn[nH]2)C1. The van der Waals surface area contributed by atoms with Gasteiger partial charge in [0.15, 0.2) is 0 Å². The predicted octanol–water partition coefficient (Wildman–Crippen LogP) is 1.51. The molecule has 2 saturated heterocycles. The maximum atomic E-state index is 12.5. The van der Waals surface area contributed by atoms with Crippen LogP contribution < -0.4 is 5.32 Å². The van der Waals surface area contributed by atoms with Crippen molar-refractivity contribution in [1.29, 1.82) is 0 Å². The number of H-pyrrole nitrogens is 1. The Hall–Kier alpha value is -1.36. The molecule has 0 bridgehead atoms. The molecule has 2 fully saturated rings. The summed E-state index contributed by atoms with van der Waals surface area (Å²) in [5, 5.41) is 10.4. The Morgan fingerprint density at radius 2 is 2.20 bits per heavy atom. The van der Waals surface area contributed by atoms with Gasteiger partial charge in [-0.3, -0.25) is 9.89 Å². The van der Waals surface area contributed by atoms with E-state index in [9.17, 15) is 4.79 Å². The van der Waals surface area contributed by atoms with Crippen molar-refractivity contribution in [3.05, 3.63) is 18.0 Å². The van der Waals surface area contributed by atoms with Crippen LogP contribution in [0.15, 0.2) is 12.3 Å². The fourth-order valence-electron chi connectivity index (χ4n) is 3.41. The molecule has 0 radical (unpaired) electrons. The molecule has 3 rings (SSSR count). The van der Waals surface area contributed by atoms with Crippen molar-refractivity contribution in [1.82, 2.24) is 20.4 Å². The van der Waals surface area contributed by atoms with Crippen LogP contribution in [0.4, 0.5) is 0 Å². The number of aromatic nitrogens is 2.